The molecule has 0 radical (unpaired) electrons. The van der Waals surface area contributed by atoms with Gasteiger partial charge in [0, 0.05) is 69.1 Å². The summed E-state index contributed by atoms with van der Waals surface area (Å²) in [6.07, 6.45) is 9.95. The monoisotopic (exact) mass is 594 g/mol. The van der Waals surface area contributed by atoms with Crippen molar-refractivity contribution in [1.29, 1.82) is 0 Å². The first-order valence-corrected chi connectivity index (χ1v) is 15.1. The molecule has 3 aliphatic rings. The normalized spacial score (nSPS) is 19.9. The van der Waals surface area contributed by atoms with E-state index in [0.29, 0.717) is 59.0 Å². The Hall–Kier alpha value is -3.31. The molecule has 1 atom stereocenters. The van der Waals surface area contributed by atoms with Gasteiger partial charge < -0.3 is 20.1 Å². The lowest BCUT2D eigenvalue weighted by atomic mass is 10.1. The first kappa shape index (κ1) is 28.8. The lowest BCUT2D eigenvalue weighted by Crippen LogP contribution is -2.48. The number of hydrogen-bond acceptors (Lipinski definition) is 8. The number of nitrogens with one attached hydrogen (secondary N) is 2. The molecule has 222 valence electrons. The van der Waals surface area contributed by atoms with E-state index in [4.69, 9.17) is 21.1 Å². The number of aromatic nitrogens is 2. The first-order chi connectivity index (χ1) is 20.5. The van der Waals surface area contributed by atoms with Crippen molar-refractivity contribution in [3.63, 3.8) is 0 Å². The largest absolute Gasteiger partial charge is 0.491 e. The summed E-state index contributed by atoms with van der Waals surface area (Å²) in [6, 6.07) is 8.00. The number of carbonyl (C=O) groups excluding carboxylic acids is 1. The summed E-state index contributed by atoms with van der Waals surface area (Å²) >= 11 is 5.97. The van der Waals surface area contributed by atoms with Crippen LogP contribution in [0.1, 0.15) is 25.7 Å². The molecule has 11 heteroatoms. The second-order valence-electron chi connectivity index (χ2n) is 11.2. The molecule has 3 fully saturated rings. The number of carbonyl (C=O) groups is 1. The summed E-state index contributed by atoms with van der Waals surface area (Å²) in [5.41, 5.74) is 1.77. The minimum atomic E-state index is -0.498. The van der Waals surface area contributed by atoms with E-state index in [1.54, 1.807) is 12.1 Å². The van der Waals surface area contributed by atoms with Crippen molar-refractivity contribution < 1.29 is 18.7 Å². The van der Waals surface area contributed by atoms with Crippen molar-refractivity contribution in [3.05, 3.63) is 59.7 Å². The summed E-state index contributed by atoms with van der Waals surface area (Å²) in [5, 5.41) is 6.86. The average Bonchev–Trinajstić information content (AvgIpc) is 3.68. The van der Waals surface area contributed by atoms with Gasteiger partial charge in [0.05, 0.1) is 28.9 Å². The highest BCUT2D eigenvalue weighted by molar-refractivity contribution is 6.31. The summed E-state index contributed by atoms with van der Waals surface area (Å²) < 4.78 is 25.6. The van der Waals surface area contributed by atoms with E-state index in [1.807, 2.05) is 18.2 Å². The molecule has 1 saturated carbocycles. The number of rotatable bonds is 11. The topological polar surface area (TPSA) is 91.9 Å². The van der Waals surface area contributed by atoms with Crippen molar-refractivity contribution >= 4 is 45.6 Å². The fourth-order valence-electron chi connectivity index (χ4n) is 5.32. The van der Waals surface area contributed by atoms with E-state index in [-0.39, 0.29) is 10.9 Å². The number of ether oxygens (including phenoxy) is 2. The van der Waals surface area contributed by atoms with E-state index in [9.17, 15) is 9.18 Å². The number of piperazine rings is 1. The third-order valence-electron chi connectivity index (χ3n) is 7.93. The molecular weight excluding hydrogens is 559 g/mol. The Balaban J connectivity index is 1.11. The number of fused-ring (bicyclic) bond motifs is 1. The van der Waals surface area contributed by atoms with Gasteiger partial charge in [0.25, 0.3) is 0 Å². The Morgan fingerprint density at radius 3 is 2.71 bits per heavy atom. The molecule has 1 aliphatic carbocycles. The lowest BCUT2D eigenvalue weighted by Gasteiger charge is -2.35. The highest BCUT2D eigenvalue weighted by Gasteiger charge is 2.24. The van der Waals surface area contributed by atoms with Crippen molar-refractivity contribution in [2.75, 3.05) is 63.1 Å². The highest BCUT2D eigenvalue weighted by Crippen LogP contribution is 2.36. The van der Waals surface area contributed by atoms with Gasteiger partial charge in [0.1, 0.15) is 23.7 Å². The zero-order chi connectivity index (χ0) is 28.9. The first-order valence-electron chi connectivity index (χ1n) is 14.7. The quantitative estimate of drug-likeness (QED) is 0.291. The van der Waals surface area contributed by atoms with Crippen molar-refractivity contribution in [3.8, 4) is 5.75 Å². The second kappa shape index (κ2) is 13.3. The molecular formula is C31H36ClFN6O3. The summed E-state index contributed by atoms with van der Waals surface area (Å²) in [4.78, 5) is 26.6. The Labute approximate surface area is 250 Å². The van der Waals surface area contributed by atoms with Gasteiger partial charge in [-0.3, -0.25) is 14.6 Å². The Morgan fingerprint density at radius 2 is 1.95 bits per heavy atom. The molecule has 2 aromatic carbocycles. The van der Waals surface area contributed by atoms with Crippen molar-refractivity contribution in [2.45, 2.75) is 31.8 Å². The number of benzene rings is 2. The number of anilines is 3. The van der Waals surface area contributed by atoms with E-state index >= 15 is 0 Å². The second-order valence-corrected chi connectivity index (χ2v) is 11.6. The van der Waals surface area contributed by atoms with Crippen LogP contribution in [0.5, 0.6) is 5.75 Å². The molecule has 1 amide bonds. The van der Waals surface area contributed by atoms with Gasteiger partial charge in [-0.1, -0.05) is 17.7 Å². The van der Waals surface area contributed by atoms with E-state index < -0.39 is 5.82 Å². The standard InChI is InChI=1S/C31H36ClFN6O3/c32-25-15-22(7-8-26(25)33)36-31-24-16-28(29(42-19-21-5-6-21)17-27(24)34-20-35-31)37-30(40)4-1-9-38-10-12-39(13-11-38)18-23-3-2-14-41-23/h1,4,7-8,15-17,20-21,23H,2-3,5-6,9-14,18-19H2,(H,37,40)(H,34,35,36). The van der Waals surface area contributed by atoms with Crippen LogP contribution in [0.15, 0.2) is 48.8 Å². The van der Waals surface area contributed by atoms with Crippen LogP contribution in [0.2, 0.25) is 5.02 Å². The molecule has 3 heterocycles. The fraction of sp³-hybridized carbons (Fsp3) is 0.452. The SMILES string of the molecule is O=C(C=CCN1CCN(CC2CCCO2)CC1)Nc1cc2c(Nc3ccc(F)c(Cl)c3)ncnc2cc1OCC1CC1. The Morgan fingerprint density at radius 1 is 1.12 bits per heavy atom. The van der Waals surface area contributed by atoms with E-state index in [1.165, 1.54) is 24.9 Å². The molecule has 9 nitrogen and oxygen atoms in total. The van der Waals surface area contributed by atoms with Crippen LogP contribution in [-0.2, 0) is 9.53 Å². The lowest BCUT2D eigenvalue weighted by molar-refractivity contribution is -0.111. The van der Waals surface area contributed by atoms with Gasteiger partial charge in [0.15, 0.2) is 0 Å². The van der Waals surface area contributed by atoms with Crippen molar-refractivity contribution in [2.24, 2.45) is 5.92 Å². The van der Waals surface area contributed by atoms with Gasteiger partial charge in [-0.2, -0.15) is 0 Å². The Kier molecular flexibility index (Phi) is 9.14. The minimum absolute atomic E-state index is 0.00872. The smallest absolute Gasteiger partial charge is 0.248 e. The predicted octanol–water partition coefficient (Wildman–Crippen LogP) is 5.25. The van der Waals surface area contributed by atoms with Crippen LogP contribution in [0.3, 0.4) is 0 Å². The summed E-state index contributed by atoms with van der Waals surface area (Å²) in [5.74, 6) is 0.872. The summed E-state index contributed by atoms with van der Waals surface area (Å²) in [7, 11) is 0. The third kappa shape index (κ3) is 7.55. The number of nitrogens with zero attached hydrogens (tertiary/aromatic N) is 4. The molecule has 2 aliphatic heterocycles. The predicted molar refractivity (Wildman–Crippen MR) is 162 cm³/mol. The molecule has 42 heavy (non-hydrogen) atoms. The zero-order valence-electron chi connectivity index (χ0n) is 23.5. The maximum atomic E-state index is 13.7. The van der Waals surface area contributed by atoms with E-state index in [2.05, 4.69) is 30.4 Å². The minimum Gasteiger partial charge on any atom is -0.491 e. The van der Waals surface area contributed by atoms with Crippen LogP contribution in [0, 0.1) is 11.7 Å². The van der Waals surface area contributed by atoms with Gasteiger partial charge >= 0.3 is 0 Å². The van der Waals surface area contributed by atoms with Gasteiger partial charge in [-0.05, 0) is 55.9 Å². The van der Waals surface area contributed by atoms with Crippen LogP contribution in [0.25, 0.3) is 10.9 Å². The highest BCUT2D eigenvalue weighted by atomic mass is 35.5. The molecule has 2 N–H and O–H groups in total. The van der Waals surface area contributed by atoms with Crippen LogP contribution in [0.4, 0.5) is 21.6 Å². The maximum absolute atomic E-state index is 13.7. The molecule has 1 unspecified atom stereocenters. The van der Waals surface area contributed by atoms with Gasteiger partial charge in [-0.15, -0.1) is 0 Å². The molecule has 1 aromatic heterocycles. The molecule has 0 spiro atoms. The number of amides is 1. The van der Waals surface area contributed by atoms with Crippen LogP contribution >= 0.6 is 11.6 Å². The molecule has 0 bridgehead atoms. The maximum Gasteiger partial charge on any atom is 0.248 e. The average molecular weight is 595 g/mol. The van der Waals surface area contributed by atoms with Crippen LogP contribution in [-0.4, -0.2) is 84.3 Å². The summed E-state index contributed by atoms with van der Waals surface area (Å²) in [6.45, 7) is 7.18. The fourth-order valence-corrected chi connectivity index (χ4v) is 5.50. The van der Waals surface area contributed by atoms with Crippen molar-refractivity contribution in [1.82, 2.24) is 19.8 Å². The molecule has 2 saturated heterocycles. The van der Waals surface area contributed by atoms with Gasteiger partial charge in [-0.25, -0.2) is 14.4 Å². The number of hydrogen-bond donors (Lipinski definition) is 2. The van der Waals surface area contributed by atoms with E-state index in [0.717, 1.165) is 58.6 Å². The molecule has 3 aromatic rings. The van der Waals surface area contributed by atoms with Gasteiger partial charge in [0.2, 0.25) is 5.91 Å². The Bertz CT molecular complexity index is 1440. The molecule has 6 rings (SSSR count). The number of halogens is 2. The van der Waals surface area contributed by atoms with Crippen LogP contribution < -0.4 is 15.4 Å². The zero-order valence-corrected chi connectivity index (χ0v) is 24.3. The third-order valence-corrected chi connectivity index (χ3v) is 8.22.